The van der Waals surface area contributed by atoms with Gasteiger partial charge in [-0.3, -0.25) is 10.1 Å². The number of aromatic nitrogens is 2. The van der Waals surface area contributed by atoms with Gasteiger partial charge in [0.25, 0.3) is 0 Å². The minimum absolute atomic E-state index is 0.0986. The number of carbonyl (C=O) groups excluding carboxylic acids is 2. The molecule has 144 valence electrons. The molecule has 0 bridgehead atoms. The lowest BCUT2D eigenvalue weighted by Crippen LogP contribution is -2.44. The van der Waals surface area contributed by atoms with E-state index in [2.05, 4.69) is 26.1 Å². The lowest BCUT2D eigenvalue weighted by Gasteiger charge is -2.11. The van der Waals surface area contributed by atoms with Gasteiger partial charge in [0.1, 0.15) is 5.75 Å². The number of nitrogens with zero attached hydrogens (tertiary/aromatic N) is 2. The number of benzene rings is 1. The molecule has 1 fully saturated rings. The van der Waals surface area contributed by atoms with Gasteiger partial charge in [0.2, 0.25) is 11.0 Å². The molecule has 10 heteroatoms. The molecule has 3 N–H and O–H groups in total. The first kappa shape index (κ1) is 19.4. The van der Waals surface area contributed by atoms with Crippen molar-refractivity contribution in [3.8, 4) is 5.75 Å². The summed E-state index contributed by atoms with van der Waals surface area (Å²) in [7, 11) is 1.60. The molecule has 2 aromatic rings. The van der Waals surface area contributed by atoms with Crippen molar-refractivity contribution in [3.05, 3.63) is 24.3 Å². The molecule has 0 saturated heterocycles. The van der Waals surface area contributed by atoms with E-state index < -0.39 is 6.03 Å². The number of anilines is 2. The van der Waals surface area contributed by atoms with Crippen molar-refractivity contribution in [2.24, 2.45) is 0 Å². The van der Waals surface area contributed by atoms with Crippen LogP contribution in [0.2, 0.25) is 0 Å². The normalized spacial score (nSPS) is 14.0. The Hall–Kier alpha value is -2.33. The van der Waals surface area contributed by atoms with Crippen LogP contribution >= 0.6 is 23.1 Å². The largest absolute Gasteiger partial charge is 0.495 e. The standard InChI is InChI=1S/C17H21N5O3S2/c1-25-13-9-5-4-8-12(13)19-16-21-22-17(27-16)26-10-14(23)20-15(24)18-11-6-2-3-7-11/h4-5,8-9,11H,2-3,6-7,10H2,1H3,(H,19,21)(H2,18,20,23,24). The van der Waals surface area contributed by atoms with Gasteiger partial charge in [-0.1, -0.05) is 48.1 Å². The zero-order valence-corrected chi connectivity index (χ0v) is 16.5. The second-order valence-electron chi connectivity index (χ2n) is 5.99. The van der Waals surface area contributed by atoms with E-state index in [-0.39, 0.29) is 17.7 Å². The average molecular weight is 408 g/mol. The summed E-state index contributed by atoms with van der Waals surface area (Å²) in [6, 6.07) is 7.25. The molecule has 3 amide bonds. The van der Waals surface area contributed by atoms with Crippen LogP contribution in [-0.2, 0) is 4.79 Å². The van der Waals surface area contributed by atoms with E-state index in [0.29, 0.717) is 15.2 Å². The van der Waals surface area contributed by atoms with E-state index in [1.165, 1.54) is 23.1 Å². The van der Waals surface area contributed by atoms with Gasteiger partial charge in [-0.25, -0.2) is 4.79 Å². The summed E-state index contributed by atoms with van der Waals surface area (Å²) in [6.07, 6.45) is 4.19. The number of nitrogens with one attached hydrogen (secondary N) is 3. The summed E-state index contributed by atoms with van der Waals surface area (Å²) < 4.78 is 5.92. The number of imide groups is 1. The van der Waals surface area contributed by atoms with E-state index >= 15 is 0 Å². The Kier molecular flexibility index (Phi) is 6.88. The Morgan fingerprint density at radius 3 is 2.81 bits per heavy atom. The number of methoxy groups -OCH3 is 1. The van der Waals surface area contributed by atoms with Crippen LogP contribution in [0.1, 0.15) is 25.7 Å². The number of ether oxygens (including phenoxy) is 1. The maximum Gasteiger partial charge on any atom is 0.321 e. The number of urea groups is 1. The molecule has 1 aliphatic carbocycles. The maximum absolute atomic E-state index is 11.9. The molecule has 1 aliphatic rings. The number of para-hydroxylation sites is 2. The van der Waals surface area contributed by atoms with Crippen LogP contribution in [0.5, 0.6) is 5.75 Å². The molecule has 3 rings (SSSR count). The van der Waals surface area contributed by atoms with Gasteiger partial charge in [0.05, 0.1) is 18.6 Å². The van der Waals surface area contributed by atoms with Crippen molar-refractivity contribution in [3.63, 3.8) is 0 Å². The molecule has 27 heavy (non-hydrogen) atoms. The van der Waals surface area contributed by atoms with E-state index in [1.54, 1.807) is 7.11 Å². The van der Waals surface area contributed by atoms with Crippen molar-refractivity contribution in [2.75, 3.05) is 18.2 Å². The van der Waals surface area contributed by atoms with Gasteiger partial charge in [0, 0.05) is 6.04 Å². The lowest BCUT2D eigenvalue weighted by molar-refractivity contribution is -0.117. The van der Waals surface area contributed by atoms with Gasteiger partial charge in [0.15, 0.2) is 4.34 Å². The minimum Gasteiger partial charge on any atom is -0.495 e. The third kappa shape index (κ3) is 5.83. The highest BCUT2D eigenvalue weighted by atomic mass is 32.2. The Morgan fingerprint density at radius 1 is 1.26 bits per heavy atom. The van der Waals surface area contributed by atoms with Gasteiger partial charge in [-0.15, -0.1) is 10.2 Å². The van der Waals surface area contributed by atoms with Crippen LogP contribution in [0.15, 0.2) is 28.6 Å². The molecular weight excluding hydrogens is 386 g/mol. The SMILES string of the molecule is COc1ccccc1Nc1nnc(SCC(=O)NC(=O)NC2CCCC2)s1. The number of carbonyl (C=O) groups is 2. The van der Waals surface area contributed by atoms with E-state index in [0.717, 1.165) is 31.4 Å². The third-order valence-electron chi connectivity index (χ3n) is 4.03. The minimum atomic E-state index is -0.428. The van der Waals surface area contributed by atoms with E-state index in [1.807, 2.05) is 24.3 Å². The summed E-state index contributed by atoms with van der Waals surface area (Å²) in [4.78, 5) is 23.7. The number of thioether (sulfide) groups is 1. The molecule has 0 aliphatic heterocycles. The van der Waals surface area contributed by atoms with Crippen molar-refractivity contribution in [1.29, 1.82) is 0 Å². The fourth-order valence-electron chi connectivity index (χ4n) is 2.76. The van der Waals surface area contributed by atoms with Crippen molar-refractivity contribution < 1.29 is 14.3 Å². The quantitative estimate of drug-likeness (QED) is 0.606. The molecule has 0 atom stereocenters. The van der Waals surface area contributed by atoms with Crippen LogP contribution in [0.4, 0.5) is 15.6 Å². The zero-order valence-electron chi connectivity index (χ0n) is 14.9. The van der Waals surface area contributed by atoms with Crippen molar-refractivity contribution >= 4 is 45.9 Å². The maximum atomic E-state index is 11.9. The first-order chi connectivity index (χ1) is 13.1. The highest BCUT2D eigenvalue weighted by Gasteiger charge is 2.18. The molecule has 8 nitrogen and oxygen atoms in total. The van der Waals surface area contributed by atoms with E-state index in [9.17, 15) is 9.59 Å². The third-order valence-corrected chi connectivity index (χ3v) is 6.00. The Morgan fingerprint density at radius 2 is 2.04 bits per heavy atom. The second kappa shape index (κ2) is 9.56. The highest BCUT2D eigenvalue weighted by Crippen LogP contribution is 2.31. The monoisotopic (exact) mass is 407 g/mol. The van der Waals surface area contributed by atoms with Gasteiger partial charge in [-0.05, 0) is 25.0 Å². The molecule has 0 radical (unpaired) electrons. The molecular formula is C17H21N5O3S2. The molecule has 1 aromatic heterocycles. The number of hydrogen-bond donors (Lipinski definition) is 3. The smallest absolute Gasteiger partial charge is 0.321 e. The van der Waals surface area contributed by atoms with Crippen LogP contribution in [-0.4, -0.2) is 41.0 Å². The van der Waals surface area contributed by atoms with E-state index in [4.69, 9.17) is 4.74 Å². The first-order valence-electron chi connectivity index (χ1n) is 8.60. The van der Waals surface area contributed by atoms with Gasteiger partial charge >= 0.3 is 6.03 Å². The summed E-state index contributed by atoms with van der Waals surface area (Å²) in [5.74, 6) is 0.445. The fourth-order valence-corrected chi connectivity index (χ4v) is 4.33. The van der Waals surface area contributed by atoms with Crippen LogP contribution in [0, 0.1) is 0 Å². The summed E-state index contributed by atoms with van der Waals surface area (Å²) in [5.41, 5.74) is 0.786. The van der Waals surface area contributed by atoms with Crippen LogP contribution in [0.3, 0.4) is 0 Å². The second-order valence-corrected chi connectivity index (χ2v) is 8.19. The number of rotatable bonds is 7. The highest BCUT2D eigenvalue weighted by molar-refractivity contribution is 8.01. The zero-order chi connectivity index (χ0) is 19.1. The Labute approximate surface area is 165 Å². The van der Waals surface area contributed by atoms with Gasteiger partial charge < -0.3 is 15.4 Å². The molecule has 1 heterocycles. The molecule has 0 unspecified atom stereocenters. The van der Waals surface area contributed by atoms with Crippen molar-refractivity contribution in [2.45, 2.75) is 36.1 Å². The topological polar surface area (TPSA) is 105 Å². The average Bonchev–Trinajstić information content (AvgIpc) is 3.32. The summed E-state index contributed by atoms with van der Waals surface area (Å²) >= 11 is 2.56. The van der Waals surface area contributed by atoms with Crippen LogP contribution in [0.25, 0.3) is 0 Å². The van der Waals surface area contributed by atoms with Crippen molar-refractivity contribution in [1.82, 2.24) is 20.8 Å². The van der Waals surface area contributed by atoms with Gasteiger partial charge in [-0.2, -0.15) is 0 Å². The molecule has 1 saturated carbocycles. The van der Waals surface area contributed by atoms with Crippen LogP contribution < -0.4 is 20.7 Å². The molecule has 1 aromatic carbocycles. The number of amides is 3. The lowest BCUT2D eigenvalue weighted by atomic mass is 10.2. The predicted molar refractivity (Wildman–Crippen MR) is 106 cm³/mol. The first-order valence-corrected chi connectivity index (χ1v) is 10.4. The number of hydrogen-bond acceptors (Lipinski definition) is 8. The Balaban J connectivity index is 1.44. The molecule has 0 spiro atoms. The summed E-state index contributed by atoms with van der Waals surface area (Å²) in [6.45, 7) is 0. The Bertz CT molecular complexity index is 792. The fraction of sp³-hybridized carbons (Fsp3) is 0.412. The summed E-state index contributed by atoms with van der Waals surface area (Å²) in [5, 5.41) is 17.0. The predicted octanol–water partition coefficient (Wildman–Crippen LogP) is 3.15.